The van der Waals surface area contributed by atoms with E-state index in [0.29, 0.717) is 12.0 Å². The van der Waals surface area contributed by atoms with Gasteiger partial charge in [-0.25, -0.2) is 9.18 Å². The van der Waals surface area contributed by atoms with Gasteiger partial charge in [0.2, 0.25) is 0 Å². The first-order chi connectivity index (χ1) is 6.16. The van der Waals surface area contributed by atoms with Crippen LogP contribution in [0.4, 0.5) is 4.39 Å². The Morgan fingerprint density at radius 3 is 2.77 bits per heavy atom. The molecule has 2 nitrogen and oxygen atoms in total. The van der Waals surface area contributed by atoms with E-state index in [9.17, 15) is 9.18 Å². The average molecular weight is 182 g/mol. The Kier molecular flexibility index (Phi) is 3.01. The van der Waals surface area contributed by atoms with Crippen LogP contribution in [-0.4, -0.2) is 11.1 Å². The molecule has 0 aliphatic carbocycles. The van der Waals surface area contributed by atoms with E-state index in [1.807, 2.05) is 6.92 Å². The molecule has 1 aromatic carbocycles. The minimum atomic E-state index is -1.21. The molecule has 0 atom stereocenters. The van der Waals surface area contributed by atoms with Gasteiger partial charge in [0, 0.05) is 0 Å². The standard InChI is InChI=1S/C10H11FO2/c1-2-4-7-5-3-6-8(9(7)11)10(12)13/h3,5-6H,2,4H2,1H3,(H,12,13). The minimum absolute atomic E-state index is 0.244. The summed E-state index contributed by atoms with van der Waals surface area (Å²) in [6.07, 6.45) is 1.38. The first-order valence-electron chi connectivity index (χ1n) is 4.17. The number of aromatic carboxylic acids is 1. The molecule has 0 aliphatic heterocycles. The smallest absolute Gasteiger partial charge is 0.338 e. The Labute approximate surface area is 76.0 Å². The maximum absolute atomic E-state index is 13.3. The fourth-order valence-corrected chi connectivity index (χ4v) is 1.21. The second-order valence-electron chi connectivity index (χ2n) is 2.83. The predicted molar refractivity (Wildman–Crippen MR) is 47.4 cm³/mol. The zero-order chi connectivity index (χ0) is 9.84. The summed E-state index contributed by atoms with van der Waals surface area (Å²) in [4.78, 5) is 10.5. The minimum Gasteiger partial charge on any atom is -0.478 e. The number of aryl methyl sites for hydroxylation is 1. The summed E-state index contributed by atoms with van der Waals surface area (Å²) < 4.78 is 13.3. The number of benzene rings is 1. The fraction of sp³-hybridized carbons (Fsp3) is 0.300. The van der Waals surface area contributed by atoms with Crippen molar-refractivity contribution < 1.29 is 14.3 Å². The number of rotatable bonds is 3. The Hall–Kier alpha value is -1.38. The summed E-state index contributed by atoms with van der Waals surface area (Å²) >= 11 is 0. The van der Waals surface area contributed by atoms with Crippen LogP contribution in [0.2, 0.25) is 0 Å². The molecule has 0 bridgehead atoms. The molecule has 0 unspecified atom stereocenters. The monoisotopic (exact) mass is 182 g/mol. The largest absolute Gasteiger partial charge is 0.478 e. The number of hydrogen-bond donors (Lipinski definition) is 1. The maximum Gasteiger partial charge on any atom is 0.338 e. The molecule has 0 amide bonds. The van der Waals surface area contributed by atoms with Crippen molar-refractivity contribution in [3.63, 3.8) is 0 Å². The molecule has 0 fully saturated rings. The number of halogens is 1. The molecule has 3 heteroatoms. The third-order valence-corrected chi connectivity index (χ3v) is 1.83. The van der Waals surface area contributed by atoms with E-state index in [4.69, 9.17) is 5.11 Å². The van der Waals surface area contributed by atoms with Crippen LogP contribution in [-0.2, 0) is 6.42 Å². The van der Waals surface area contributed by atoms with Gasteiger partial charge < -0.3 is 5.11 Å². The number of carbonyl (C=O) groups is 1. The lowest BCUT2D eigenvalue weighted by molar-refractivity contribution is 0.0691. The van der Waals surface area contributed by atoms with Crippen molar-refractivity contribution in [1.82, 2.24) is 0 Å². The average Bonchev–Trinajstić information content (AvgIpc) is 2.08. The van der Waals surface area contributed by atoms with Gasteiger partial charge in [-0.1, -0.05) is 25.5 Å². The first-order valence-corrected chi connectivity index (χ1v) is 4.17. The van der Waals surface area contributed by atoms with Gasteiger partial charge in [0.1, 0.15) is 5.82 Å². The van der Waals surface area contributed by atoms with Gasteiger partial charge in [-0.2, -0.15) is 0 Å². The molecule has 1 rings (SSSR count). The highest BCUT2D eigenvalue weighted by Gasteiger charge is 2.12. The molecule has 13 heavy (non-hydrogen) atoms. The summed E-state index contributed by atoms with van der Waals surface area (Å²) in [6, 6.07) is 4.46. The molecule has 0 aliphatic rings. The Morgan fingerprint density at radius 2 is 2.23 bits per heavy atom. The van der Waals surface area contributed by atoms with Gasteiger partial charge in [0.15, 0.2) is 0 Å². The number of hydrogen-bond acceptors (Lipinski definition) is 1. The number of carboxylic acid groups (broad SMARTS) is 1. The van der Waals surface area contributed by atoms with E-state index in [1.54, 1.807) is 12.1 Å². The van der Waals surface area contributed by atoms with Crippen LogP contribution in [0.25, 0.3) is 0 Å². The summed E-state index contributed by atoms with van der Waals surface area (Å²) in [7, 11) is 0. The third-order valence-electron chi connectivity index (χ3n) is 1.83. The topological polar surface area (TPSA) is 37.3 Å². The Morgan fingerprint density at radius 1 is 1.54 bits per heavy atom. The lowest BCUT2D eigenvalue weighted by atomic mass is 10.1. The molecule has 0 aromatic heterocycles. The normalized spacial score (nSPS) is 10.0. The van der Waals surface area contributed by atoms with Crippen LogP contribution in [0, 0.1) is 5.82 Å². The summed E-state index contributed by atoms with van der Waals surface area (Å²) in [6.45, 7) is 1.92. The summed E-state index contributed by atoms with van der Waals surface area (Å²) in [5.41, 5.74) is 0.230. The highest BCUT2D eigenvalue weighted by Crippen LogP contribution is 2.14. The molecule has 0 radical (unpaired) electrons. The zero-order valence-electron chi connectivity index (χ0n) is 7.38. The first kappa shape index (κ1) is 9.71. The second kappa shape index (κ2) is 4.03. The van der Waals surface area contributed by atoms with Gasteiger partial charge in [-0.3, -0.25) is 0 Å². The second-order valence-corrected chi connectivity index (χ2v) is 2.83. The van der Waals surface area contributed by atoms with E-state index in [1.165, 1.54) is 6.07 Å². The molecule has 0 spiro atoms. The van der Waals surface area contributed by atoms with Crippen molar-refractivity contribution in [2.45, 2.75) is 19.8 Å². The van der Waals surface area contributed by atoms with E-state index in [-0.39, 0.29) is 5.56 Å². The molecular weight excluding hydrogens is 171 g/mol. The van der Waals surface area contributed by atoms with Gasteiger partial charge in [-0.05, 0) is 18.1 Å². The van der Waals surface area contributed by atoms with Gasteiger partial charge in [0.25, 0.3) is 0 Å². The van der Waals surface area contributed by atoms with E-state index in [2.05, 4.69) is 0 Å². The molecule has 1 N–H and O–H groups in total. The molecular formula is C10H11FO2. The van der Waals surface area contributed by atoms with Crippen molar-refractivity contribution in [1.29, 1.82) is 0 Å². The van der Waals surface area contributed by atoms with Crippen molar-refractivity contribution >= 4 is 5.97 Å². The van der Waals surface area contributed by atoms with Crippen LogP contribution in [0.15, 0.2) is 18.2 Å². The van der Waals surface area contributed by atoms with Crippen molar-refractivity contribution in [3.05, 3.63) is 35.1 Å². The van der Waals surface area contributed by atoms with Crippen LogP contribution in [0.5, 0.6) is 0 Å². The molecule has 70 valence electrons. The quantitative estimate of drug-likeness (QED) is 0.779. The van der Waals surface area contributed by atoms with E-state index < -0.39 is 11.8 Å². The Balaban J connectivity index is 3.10. The lowest BCUT2D eigenvalue weighted by Gasteiger charge is -2.03. The van der Waals surface area contributed by atoms with Gasteiger partial charge in [0.05, 0.1) is 5.56 Å². The molecule has 0 heterocycles. The van der Waals surface area contributed by atoms with E-state index in [0.717, 1.165) is 6.42 Å². The maximum atomic E-state index is 13.3. The number of carboxylic acids is 1. The SMILES string of the molecule is CCCc1cccc(C(=O)O)c1F. The third kappa shape index (κ3) is 2.05. The van der Waals surface area contributed by atoms with Crippen molar-refractivity contribution in [3.8, 4) is 0 Å². The van der Waals surface area contributed by atoms with Crippen LogP contribution in [0.1, 0.15) is 29.3 Å². The fourth-order valence-electron chi connectivity index (χ4n) is 1.21. The van der Waals surface area contributed by atoms with Crippen molar-refractivity contribution in [2.75, 3.05) is 0 Å². The highest BCUT2D eigenvalue weighted by atomic mass is 19.1. The van der Waals surface area contributed by atoms with Crippen LogP contribution >= 0.6 is 0 Å². The highest BCUT2D eigenvalue weighted by molar-refractivity contribution is 5.88. The predicted octanol–water partition coefficient (Wildman–Crippen LogP) is 2.48. The van der Waals surface area contributed by atoms with Gasteiger partial charge >= 0.3 is 5.97 Å². The lowest BCUT2D eigenvalue weighted by Crippen LogP contribution is -2.03. The summed E-state index contributed by atoms with van der Waals surface area (Å²) in [5, 5.41) is 8.62. The molecule has 0 saturated carbocycles. The van der Waals surface area contributed by atoms with Crippen LogP contribution < -0.4 is 0 Å². The molecule has 1 aromatic rings. The van der Waals surface area contributed by atoms with E-state index >= 15 is 0 Å². The van der Waals surface area contributed by atoms with Crippen LogP contribution in [0.3, 0.4) is 0 Å². The molecule has 0 saturated heterocycles. The summed E-state index contributed by atoms with van der Waals surface area (Å²) in [5.74, 6) is -1.81. The zero-order valence-corrected chi connectivity index (χ0v) is 7.38. The van der Waals surface area contributed by atoms with Crippen molar-refractivity contribution in [2.24, 2.45) is 0 Å². The Bertz CT molecular complexity index is 321. The van der Waals surface area contributed by atoms with Gasteiger partial charge in [-0.15, -0.1) is 0 Å².